The average molecular weight is 337 g/mol. The zero-order valence-corrected chi connectivity index (χ0v) is 14.8. The molecular formula is C16H27N5OS. The Bertz CT molecular complexity index is 514. The third-order valence-corrected chi connectivity index (χ3v) is 5.73. The zero-order chi connectivity index (χ0) is 16.1. The Labute approximate surface area is 142 Å². The molecule has 0 spiro atoms. The quantitative estimate of drug-likeness (QED) is 0.905. The number of anilines is 1. The highest BCUT2D eigenvalue weighted by Gasteiger charge is 2.22. The van der Waals surface area contributed by atoms with Crippen molar-refractivity contribution in [2.75, 3.05) is 44.2 Å². The van der Waals surface area contributed by atoms with Crippen molar-refractivity contribution in [3.05, 3.63) is 5.82 Å². The number of carbonyl (C=O) groups is 1. The summed E-state index contributed by atoms with van der Waals surface area (Å²) in [4.78, 5) is 21.3. The number of aryl methyl sites for hydroxylation is 1. The van der Waals surface area contributed by atoms with Gasteiger partial charge in [-0.1, -0.05) is 0 Å². The Morgan fingerprint density at radius 3 is 2.83 bits per heavy atom. The molecule has 1 N–H and O–H groups in total. The second kappa shape index (κ2) is 8.06. The number of carbonyl (C=O) groups excluding carboxylic acids is 1. The van der Waals surface area contributed by atoms with E-state index in [0.717, 1.165) is 69.0 Å². The van der Waals surface area contributed by atoms with Gasteiger partial charge in [-0.2, -0.15) is 4.37 Å². The molecular weight excluding hydrogens is 310 g/mol. The van der Waals surface area contributed by atoms with Gasteiger partial charge < -0.3 is 15.1 Å². The van der Waals surface area contributed by atoms with Crippen LogP contribution < -0.4 is 10.2 Å². The van der Waals surface area contributed by atoms with Crippen LogP contribution in [-0.4, -0.2) is 59.4 Å². The summed E-state index contributed by atoms with van der Waals surface area (Å²) in [7, 11) is 0. The second-order valence-corrected chi connectivity index (χ2v) is 7.31. The molecule has 128 valence electrons. The van der Waals surface area contributed by atoms with E-state index in [4.69, 9.17) is 0 Å². The second-order valence-electron chi connectivity index (χ2n) is 6.58. The monoisotopic (exact) mass is 337 g/mol. The van der Waals surface area contributed by atoms with Crippen molar-refractivity contribution in [3.63, 3.8) is 0 Å². The lowest BCUT2D eigenvalue weighted by Crippen LogP contribution is -2.35. The van der Waals surface area contributed by atoms with Gasteiger partial charge in [0.25, 0.3) is 0 Å². The highest BCUT2D eigenvalue weighted by atomic mass is 32.1. The molecule has 0 aromatic carbocycles. The largest absolute Gasteiger partial charge is 0.345 e. The molecule has 0 bridgehead atoms. The standard InChI is InChI=1S/C16H27N5OS/c1-13-18-16(23-19-13)21-10-2-9-20(11-12-21)15(22)4-3-14-5-7-17-8-6-14/h14,17H,2-12H2,1H3. The normalized spacial score (nSPS) is 20.6. The topological polar surface area (TPSA) is 61.4 Å². The van der Waals surface area contributed by atoms with E-state index < -0.39 is 0 Å². The Kier molecular flexibility index (Phi) is 5.83. The van der Waals surface area contributed by atoms with Gasteiger partial charge in [-0.05, 0) is 51.6 Å². The minimum atomic E-state index is 0.332. The molecule has 1 amide bonds. The molecule has 3 heterocycles. The lowest BCUT2D eigenvalue weighted by Gasteiger charge is -2.25. The summed E-state index contributed by atoms with van der Waals surface area (Å²) < 4.78 is 4.26. The van der Waals surface area contributed by atoms with Crippen LogP contribution in [-0.2, 0) is 4.79 Å². The van der Waals surface area contributed by atoms with Crippen LogP contribution in [0.5, 0.6) is 0 Å². The third kappa shape index (κ3) is 4.64. The Balaban J connectivity index is 1.46. The van der Waals surface area contributed by atoms with Crippen LogP contribution in [0.2, 0.25) is 0 Å². The van der Waals surface area contributed by atoms with E-state index in [-0.39, 0.29) is 0 Å². The van der Waals surface area contributed by atoms with Crippen LogP contribution in [0.4, 0.5) is 5.13 Å². The lowest BCUT2D eigenvalue weighted by atomic mass is 9.93. The van der Waals surface area contributed by atoms with E-state index in [1.165, 1.54) is 24.4 Å². The van der Waals surface area contributed by atoms with Gasteiger partial charge in [-0.3, -0.25) is 4.79 Å². The molecule has 6 nitrogen and oxygen atoms in total. The highest BCUT2D eigenvalue weighted by Crippen LogP contribution is 2.21. The van der Waals surface area contributed by atoms with E-state index >= 15 is 0 Å². The number of hydrogen-bond acceptors (Lipinski definition) is 6. The molecule has 0 aliphatic carbocycles. The molecule has 2 fully saturated rings. The zero-order valence-electron chi connectivity index (χ0n) is 14.0. The van der Waals surface area contributed by atoms with Gasteiger partial charge in [-0.25, -0.2) is 4.98 Å². The van der Waals surface area contributed by atoms with Gasteiger partial charge >= 0.3 is 0 Å². The van der Waals surface area contributed by atoms with Crippen molar-refractivity contribution in [2.24, 2.45) is 5.92 Å². The van der Waals surface area contributed by atoms with Crippen molar-refractivity contribution in [3.8, 4) is 0 Å². The molecule has 23 heavy (non-hydrogen) atoms. The number of rotatable bonds is 4. The van der Waals surface area contributed by atoms with Crippen LogP contribution >= 0.6 is 11.5 Å². The molecule has 7 heteroatoms. The molecule has 3 rings (SSSR count). The van der Waals surface area contributed by atoms with Crippen LogP contribution in [0, 0.1) is 12.8 Å². The number of hydrogen-bond donors (Lipinski definition) is 1. The van der Waals surface area contributed by atoms with E-state index in [0.29, 0.717) is 12.3 Å². The average Bonchev–Trinajstić information content (AvgIpc) is 2.86. The first-order valence-corrected chi connectivity index (χ1v) is 9.53. The van der Waals surface area contributed by atoms with Gasteiger partial charge in [0.05, 0.1) is 0 Å². The Morgan fingerprint density at radius 1 is 1.26 bits per heavy atom. The molecule has 1 aromatic heterocycles. The van der Waals surface area contributed by atoms with Crippen molar-refractivity contribution in [1.29, 1.82) is 0 Å². The third-order valence-electron chi connectivity index (χ3n) is 4.86. The summed E-state index contributed by atoms with van der Waals surface area (Å²) in [5.74, 6) is 1.90. The molecule has 2 aliphatic heterocycles. The van der Waals surface area contributed by atoms with Gasteiger partial charge in [0.2, 0.25) is 11.0 Å². The summed E-state index contributed by atoms with van der Waals surface area (Å²) in [6, 6.07) is 0. The maximum Gasteiger partial charge on any atom is 0.222 e. The van der Waals surface area contributed by atoms with Crippen LogP contribution in [0.15, 0.2) is 0 Å². The number of nitrogens with zero attached hydrogens (tertiary/aromatic N) is 4. The number of amides is 1. The van der Waals surface area contributed by atoms with Gasteiger partial charge in [0.15, 0.2) is 0 Å². The molecule has 2 aliphatic rings. The molecule has 0 radical (unpaired) electrons. The van der Waals surface area contributed by atoms with Crippen molar-refractivity contribution >= 4 is 22.6 Å². The summed E-state index contributed by atoms with van der Waals surface area (Å²) in [6.45, 7) is 7.66. The van der Waals surface area contributed by atoms with Gasteiger partial charge in [0.1, 0.15) is 5.82 Å². The van der Waals surface area contributed by atoms with E-state index in [1.807, 2.05) is 6.92 Å². The summed E-state index contributed by atoms with van der Waals surface area (Å²) in [6.07, 6.45) is 5.21. The van der Waals surface area contributed by atoms with Crippen LogP contribution in [0.25, 0.3) is 0 Å². The predicted molar refractivity (Wildman–Crippen MR) is 92.9 cm³/mol. The first-order chi connectivity index (χ1) is 11.2. The van der Waals surface area contributed by atoms with E-state index in [2.05, 4.69) is 24.5 Å². The van der Waals surface area contributed by atoms with Crippen molar-refractivity contribution in [2.45, 2.75) is 39.0 Å². The number of aromatic nitrogens is 2. The molecule has 0 atom stereocenters. The maximum atomic E-state index is 12.5. The Morgan fingerprint density at radius 2 is 2.09 bits per heavy atom. The first kappa shape index (κ1) is 16.6. The van der Waals surface area contributed by atoms with Crippen molar-refractivity contribution < 1.29 is 4.79 Å². The van der Waals surface area contributed by atoms with Gasteiger partial charge in [-0.15, -0.1) is 0 Å². The fourth-order valence-corrected chi connectivity index (χ4v) is 4.15. The fourth-order valence-electron chi connectivity index (χ4n) is 3.43. The maximum absolute atomic E-state index is 12.5. The minimum Gasteiger partial charge on any atom is -0.345 e. The summed E-state index contributed by atoms with van der Waals surface area (Å²) in [5.41, 5.74) is 0. The molecule has 0 unspecified atom stereocenters. The summed E-state index contributed by atoms with van der Waals surface area (Å²) >= 11 is 1.46. The SMILES string of the molecule is Cc1nsc(N2CCCN(C(=O)CCC3CCNCC3)CC2)n1. The van der Waals surface area contributed by atoms with Gasteiger partial charge in [0, 0.05) is 44.1 Å². The molecule has 1 aromatic rings. The number of nitrogens with one attached hydrogen (secondary N) is 1. The molecule has 2 saturated heterocycles. The van der Waals surface area contributed by atoms with Crippen LogP contribution in [0.1, 0.15) is 37.9 Å². The lowest BCUT2D eigenvalue weighted by molar-refractivity contribution is -0.131. The minimum absolute atomic E-state index is 0.332. The van der Waals surface area contributed by atoms with E-state index in [9.17, 15) is 4.79 Å². The van der Waals surface area contributed by atoms with Crippen molar-refractivity contribution in [1.82, 2.24) is 19.6 Å². The molecule has 0 saturated carbocycles. The van der Waals surface area contributed by atoms with E-state index in [1.54, 1.807) is 0 Å². The number of piperidine rings is 1. The Hall–Kier alpha value is -1.21. The summed E-state index contributed by atoms with van der Waals surface area (Å²) in [5, 5.41) is 4.38. The fraction of sp³-hybridized carbons (Fsp3) is 0.812. The van der Waals surface area contributed by atoms with Crippen LogP contribution in [0.3, 0.4) is 0 Å². The predicted octanol–water partition coefficient (Wildman–Crippen LogP) is 1.67. The smallest absolute Gasteiger partial charge is 0.222 e. The highest BCUT2D eigenvalue weighted by molar-refractivity contribution is 7.09. The first-order valence-electron chi connectivity index (χ1n) is 8.76.